The van der Waals surface area contributed by atoms with E-state index in [0.29, 0.717) is 17.3 Å². The molecule has 25 heavy (non-hydrogen) atoms. The summed E-state index contributed by atoms with van der Waals surface area (Å²) in [5, 5.41) is 0.820. The number of carbonyl (C=O) groups is 1. The van der Waals surface area contributed by atoms with Gasteiger partial charge in [0.25, 0.3) is 5.91 Å². The molecule has 6 heteroatoms. The lowest BCUT2D eigenvalue weighted by atomic mass is 10.0. The predicted octanol–water partition coefficient (Wildman–Crippen LogP) is 4.44. The van der Waals surface area contributed by atoms with Gasteiger partial charge in [-0.05, 0) is 31.0 Å². The van der Waals surface area contributed by atoms with E-state index in [9.17, 15) is 4.79 Å². The first-order valence-electron chi connectivity index (χ1n) is 8.81. The maximum atomic E-state index is 12.8. The second-order valence-electron chi connectivity index (χ2n) is 6.12. The monoisotopic (exact) mass is 360 g/mol. The van der Waals surface area contributed by atoms with E-state index in [4.69, 9.17) is 9.47 Å². The van der Waals surface area contributed by atoms with Crippen molar-refractivity contribution in [3.05, 3.63) is 29.3 Å². The smallest absolute Gasteiger partial charge is 0.265 e. The number of benzene rings is 1. The number of fused-ring (bicyclic) bond motifs is 1. The molecule has 5 nitrogen and oxygen atoms in total. The highest BCUT2D eigenvalue weighted by molar-refractivity contribution is 7.16. The first-order valence-corrected chi connectivity index (χ1v) is 9.63. The molecule has 1 aromatic heterocycles. The molecule has 0 unspecified atom stereocenters. The number of carbonyl (C=O) groups excluding carboxylic acids is 1. The van der Waals surface area contributed by atoms with E-state index in [1.165, 1.54) is 11.3 Å². The van der Waals surface area contributed by atoms with Crippen molar-refractivity contribution in [1.82, 2.24) is 9.88 Å². The van der Waals surface area contributed by atoms with E-state index in [2.05, 4.69) is 18.8 Å². The highest BCUT2D eigenvalue weighted by Gasteiger charge is 2.21. The van der Waals surface area contributed by atoms with Crippen LogP contribution in [0.25, 0.3) is 10.6 Å². The van der Waals surface area contributed by atoms with Crippen molar-refractivity contribution in [2.24, 2.45) is 5.92 Å². The Bertz CT molecular complexity index is 740. The molecule has 0 bridgehead atoms. The zero-order valence-electron chi connectivity index (χ0n) is 14.9. The molecule has 1 amide bonds. The summed E-state index contributed by atoms with van der Waals surface area (Å²) < 4.78 is 10.8. The molecule has 3 rings (SSSR count). The minimum atomic E-state index is 0.0684. The van der Waals surface area contributed by atoms with Gasteiger partial charge in [-0.25, -0.2) is 4.98 Å². The van der Waals surface area contributed by atoms with Crippen LogP contribution in [-0.4, -0.2) is 35.7 Å². The number of hydrogen-bond donors (Lipinski definition) is 0. The number of ether oxygens (including phenoxy) is 2. The Morgan fingerprint density at radius 2 is 2.00 bits per heavy atom. The Labute approximate surface area is 152 Å². The molecule has 1 aromatic carbocycles. The van der Waals surface area contributed by atoms with Crippen LogP contribution in [0.3, 0.4) is 0 Å². The highest BCUT2D eigenvalue weighted by Crippen LogP contribution is 2.37. The Morgan fingerprint density at radius 3 is 2.72 bits per heavy atom. The van der Waals surface area contributed by atoms with E-state index in [-0.39, 0.29) is 12.7 Å². The van der Waals surface area contributed by atoms with Crippen LogP contribution in [-0.2, 0) is 0 Å². The van der Waals surface area contributed by atoms with Gasteiger partial charge in [0.15, 0.2) is 11.5 Å². The van der Waals surface area contributed by atoms with Crippen molar-refractivity contribution in [3.8, 4) is 22.1 Å². The molecular weight excluding hydrogens is 336 g/mol. The Morgan fingerprint density at radius 1 is 1.24 bits per heavy atom. The largest absolute Gasteiger partial charge is 0.454 e. The minimum absolute atomic E-state index is 0.0684. The maximum Gasteiger partial charge on any atom is 0.265 e. The molecule has 0 aliphatic carbocycles. The van der Waals surface area contributed by atoms with Crippen LogP contribution in [0.5, 0.6) is 11.5 Å². The summed E-state index contributed by atoms with van der Waals surface area (Å²) in [6.45, 7) is 8.15. The van der Waals surface area contributed by atoms with E-state index >= 15 is 0 Å². The topological polar surface area (TPSA) is 51.7 Å². The SMILES string of the molecule is CCC(CC)CN(CC)C(=O)c1cnc(-c2ccc3c(c2)OCO3)s1. The summed E-state index contributed by atoms with van der Waals surface area (Å²) in [5.74, 6) is 2.09. The van der Waals surface area contributed by atoms with Gasteiger partial charge >= 0.3 is 0 Å². The molecule has 134 valence electrons. The van der Waals surface area contributed by atoms with Crippen molar-refractivity contribution in [1.29, 1.82) is 0 Å². The predicted molar refractivity (Wildman–Crippen MR) is 99.3 cm³/mol. The van der Waals surface area contributed by atoms with Gasteiger partial charge in [0.05, 0.1) is 6.20 Å². The molecule has 1 aliphatic rings. The molecule has 2 aromatic rings. The number of hydrogen-bond acceptors (Lipinski definition) is 5. The third-order valence-corrected chi connectivity index (χ3v) is 5.67. The van der Waals surface area contributed by atoms with Crippen LogP contribution in [0.2, 0.25) is 0 Å². The van der Waals surface area contributed by atoms with Crippen molar-refractivity contribution < 1.29 is 14.3 Å². The van der Waals surface area contributed by atoms with Gasteiger partial charge in [-0.3, -0.25) is 4.79 Å². The molecule has 0 spiro atoms. The Kier molecular flexibility index (Phi) is 5.58. The summed E-state index contributed by atoms with van der Waals surface area (Å²) in [7, 11) is 0. The lowest BCUT2D eigenvalue weighted by molar-refractivity contribution is 0.0739. The fourth-order valence-electron chi connectivity index (χ4n) is 2.91. The summed E-state index contributed by atoms with van der Waals surface area (Å²) >= 11 is 1.43. The summed E-state index contributed by atoms with van der Waals surface area (Å²) in [6, 6.07) is 5.74. The van der Waals surface area contributed by atoms with E-state index < -0.39 is 0 Å². The lowest BCUT2D eigenvalue weighted by Gasteiger charge is -2.24. The number of amides is 1. The molecule has 0 N–H and O–H groups in total. The molecule has 0 saturated heterocycles. The second kappa shape index (κ2) is 7.87. The maximum absolute atomic E-state index is 12.8. The summed E-state index contributed by atoms with van der Waals surface area (Å²) in [4.78, 5) is 19.9. The van der Waals surface area contributed by atoms with Crippen molar-refractivity contribution >= 4 is 17.2 Å². The van der Waals surface area contributed by atoms with E-state index in [1.807, 2.05) is 30.0 Å². The zero-order chi connectivity index (χ0) is 17.8. The van der Waals surface area contributed by atoms with Gasteiger partial charge in [-0.1, -0.05) is 26.7 Å². The minimum Gasteiger partial charge on any atom is -0.454 e. The summed E-state index contributed by atoms with van der Waals surface area (Å²) in [6.07, 6.45) is 3.86. The molecular formula is C19H24N2O3S. The first kappa shape index (κ1) is 17.7. The number of rotatable bonds is 7. The second-order valence-corrected chi connectivity index (χ2v) is 7.15. The van der Waals surface area contributed by atoms with Gasteiger partial charge in [-0.15, -0.1) is 11.3 Å². The standard InChI is InChI=1S/C19H24N2O3S/c1-4-13(5-2)11-21(6-3)19(22)17-10-20-18(25-17)14-7-8-15-16(9-14)24-12-23-15/h7-10,13H,4-6,11-12H2,1-3H3. The number of aromatic nitrogens is 1. The van der Waals surface area contributed by atoms with Gasteiger partial charge < -0.3 is 14.4 Å². The third kappa shape index (κ3) is 3.79. The fraction of sp³-hybridized carbons (Fsp3) is 0.474. The average molecular weight is 360 g/mol. The van der Waals surface area contributed by atoms with Crippen LogP contribution in [0.4, 0.5) is 0 Å². The highest BCUT2D eigenvalue weighted by atomic mass is 32.1. The van der Waals surface area contributed by atoms with Gasteiger partial charge in [-0.2, -0.15) is 0 Å². The molecule has 1 aliphatic heterocycles. The van der Waals surface area contributed by atoms with Gasteiger partial charge in [0.2, 0.25) is 6.79 Å². The Balaban J connectivity index is 1.77. The molecule has 0 fully saturated rings. The Hall–Kier alpha value is -2.08. The molecule has 0 atom stereocenters. The van der Waals surface area contributed by atoms with Crippen LogP contribution in [0.1, 0.15) is 43.3 Å². The van der Waals surface area contributed by atoms with Crippen molar-refractivity contribution in [3.63, 3.8) is 0 Å². The summed E-state index contributed by atoms with van der Waals surface area (Å²) in [5.41, 5.74) is 0.941. The van der Waals surface area contributed by atoms with E-state index in [0.717, 1.165) is 41.5 Å². The first-order chi connectivity index (χ1) is 12.2. The number of thiazole rings is 1. The lowest BCUT2D eigenvalue weighted by Crippen LogP contribution is -2.34. The van der Waals surface area contributed by atoms with Gasteiger partial charge in [0, 0.05) is 18.7 Å². The third-order valence-electron chi connectivity index (χ3n) is 4.64. The van der Waals surface area contributed by atoms with Crippen LogP contribution in [0.15, 0.2) is 24.4 Å². The van der Waals surface area contributed by atoms with Crippen LogP contribution in [0, 0.1) is 5.92 Å². The van der Waals surface area contributed by atoms with Gasteiger partial charge in [0.1, 0.15) is 9.88 Å². The average Bonchev–Trinajstić information content (AvgIpc) is 3.31. The normalized spacial score (nSPS) is 12.6. The van der Waals surface area contributed by atoms with Crippen LogP contribution < -0.4 is 9.47 Å². The number of nitrogens with zero attached hydrogens (tertiary/aromatic N) is 2. The zero-order valence-corrected chi connectivity index (χ0v) is 15.8. The molecule has 2 heterocycles. The quantitative estimate of drug-likeness (QED) is 0.732. The van der Waals surface area contributed by atoms with Crippen LogP contribution >= 0.6 is 11.3 Å². The molecule has 0 radical (unpaired) electrons. The fourth-order valence-corrected chi connectivity index (χ4v) is 3.79. The van der Waals surface area contributed by atoms with Crippen molar-refractivity contribution in [2.75, 3.05) is 19.9 Å². The van der Waals surface area contributed by atoms with Crippen molar-refractivity contribution in [2.45, 2.75) is 33.6 Å². The van der Waals surface area contributed by atoms with E-state index in [1.54, 1.807) is 6.20 Å². The molecule has 0 saturated carbocycles.